The number of rotatable bonds is 1. The third-order valence-corrected chi connectivity index (χ3v) is 3.03. The first-order chi connectivity index (χ1) is 8.96. The maximum atomic E-state index is 12.1. The van der Waals surface area contributed by atoms with Gasteiger partial charge >= 0.3 is 6.09 Å². The Hall–Kier alpha value is -1.39. The summed E-state index contributed by atoms with van der Waals surface area (Å²) in [7, 11) is 0. The highest BCUT2D eigenvalue weighted by Crippen LogP contribution is 2.17. The number of carbonyl (C=O) groups excluding carboxylic acids is 1. The molecule has 2 rings (SSSR count). The quantitative estimate of drug-likeness (QED) is 0.790. The van der Waals surface area contributed by atoms with Gasteiger partial charge in [0.1, 0.15) is 12.1 Å². The van der Waals surface area contributed by atoms with Crippen molar-refractivity contribution in [3.63, 3.8) is 0 Å². The lowest BCUT2D eigenvalue weighted by Gasteiger charge is -2.26. The normalized spacial score (nSPS) is 21.1. The van der Waals surface area contributed by atoms with Gasteiger partial charge in [-0.05, 0) is 26.3 Å². The molecule has 1 aliphatic heterocycles. The molecule has 1 aromatic rings. The van der Waals surface area contributed by atoms with Gasteiger partial charge in [-0.25, -0.2) is 0 Å². The minimum atomic E-state index is -0.440. The maximum Gasteiger partial charge on any atom is 0.566 e. The second-order valence-electron chi connectivity index (χ2n) is 5.84. The average molecular weight is 262 g/mol. The van der Waals surface area contributed by atoms with Gasteiger partial charge in [0, 0.05) is 0 Å². The summed E-state index contributed by atoms with van der Waals surface area (Å²) >= 11 is 0. The molecule has 0 aromatic heterocycles. The third-order valence-electron chi connectivity index (χ3n) is 3.03. The van der Waals surface area contributed by atoms with Crippen molar-refractivity contribution < 1.29 is 9.53 Å². The molecule has 19 heavy (non-hydrogen) atoms. The van der Waals surface area contributed by atoms with Gasteiger partial charge in [0.25, 0.3) is 0 Å². The Morgan fingerprint density at radius 2 is 2.00 bits per heavy atom. The standard InChI is InChI=1S/C15H22N2O2/c1-15(2,3)19-14(18)17-10-9-16-13(11-17)12-7-5-4-6-8-12/h4-8,13,16H,9-11H2,1-3H3/q+1. The second-order valence-corrected chi connectivity index (χ2v) is 5.84. The topological polar surface area (TPSA) is 44.2 Å². The minimum absolute atomic E-state index is 0.183. The Morgan fingerprint density at radius 1 is 1.32 bits per heavy atom. The van der Waals surface area contributed by atoms with E-state index in [2.05, 4.69) is 17.4 Å². The molecule has 4 heteroatoms. The molecule has 4 nitrogen and oxygen atoms in total. The van der Waals surface area contributed by atoms with Crippen molar-refractivity contribution in [2.45, 2.75) is 32.4 Å². The molecule has 1 amide bonds. The molecule has 103 valence electrons. The van der Waals surface area contributed by atoms with Crippen LogP contribution in [0.4, 0.5) is 4.79 Å². The summed E-state index contributed by atoms with van der Waals surface area (Å²) in [5.74, 6) is 0. The molecule has 1 radical (unpaired) electrons. The number of ether oxygens (including phenoxy) is 1. The molecule has 1 heterocycles. The van der Waals surface area contributed by atoms with Crippen molar-refractivity contribution >= 4 is 6.09 Å². The highest BCUT2D eigenvalue weighted by Gasteiger charge is 2.37. The number of amides is 1. The van der Waals surface area contributed by atoms with Crippen LogP contribution in [0.3, 0.4) is 0 Å². The molecular weight excluding hydrogens is 240 g/mol. The van der Waals surface area contributed by atoms with Crippen molar-refractivity contribution in [3.8, 4) is 0 Å². The zero-order valence-corrected chi connectivity index (χ0v) is 11.8. The average Bonchev–Trinajstić information content (AvgIpc) is 2.38. The molecular formula is C15H22N2O2+. The number of benzene rings is 1. The van der Waals surface area contributed by atoms with Crippen LogP contribution in [-0.4, -0.2) is 31.3 Å². The number of hydrogen-bond acceptors (Lipinski definition) is 3. The summed E-state index contributed by atoms with van der Waals surface area (Å²) in [4.78, 5) is 13.8. The molecule has 1 fully saturated rings. The number of piperazine rings is 1. The molecule has 1 saturated heterocycles. The summed E-state index contributed by atoms with van der Waals surface area (Å²) in [6, 6.07) is 10.4. The predicted molar refractivity (Wildman–Crippen MR) is 75.3 cm³/mol. The number of hydrogen-bond donors (Lipinski definition) is 1. The first-order valence-corrected chi connectivity index (χ1v) is 6.72. The SMILES string of the molecule is CC(C)(C)OC(=O)[N+]1CCNC(c2ccccc2)C1. The van der Waals surface area contributed by atoms with E-state index < -0.39 is 5.60 Å². The van der Waals surface area contributed by atoms with Crippen LogP contribution in [0.15, 0.2) is 30.3 Å². The molecule has 0 bridgehead atoms. The number of carbonyl (C=O) groups is 1. The minimum Gasteiger partial charge on any atom is -0.411 e. The molecule has 1 N–H and O–H groups in total. The van der Waals surface area contributed by atoms with Gasteiger partial charge < -0.3 is 4.74 Å². The van der Waals surface area contributed by atoms with Crippen LogP contribution >= 0.6 is 0 Å². The van der Waals surface area contributed by atoms with Crippen LogP contribution < -0.4 is 10.2 Å². The number of nitrogens with zero attached hydrogens (tertiary/aromatic N) is 1. The number of nitrogens with one attached hydrogen (secondary N) is 1. The third kappa shape index (κ3) is 4.04. The Labute approximate surface area is 114 Å². The van der Waals surface area contributed by atoms with Crippen LogP contribution in [0.2, 0.25) is 0 Å². The van der Waals surface area contributed by atoms with E-state index in [0.717, 1.165) is 6.54 Å². The van der Waals surface area contributed by atoms with E-state index in [-0.39, 0.29) is 12.1 Å². The molecule has 1 aliphatic rings. The summed E-state index contributed by atoms with van der Waals surface area (Å²) in [5, 5.41) is 3.43. The molecule has 0 aliphatic carbocycles. The Kier molecular flexibility index (Phi) is 4.22. The summed E-state index contributed by atoms with van der Waals surface area (Å²) < 4.78 is 5.42. The van der Waals surface area contributed by atoms with E-state index >= 15 is 0 Å². The fraction of sp³-hybridized carbons (Fsp3) is 0.533. The van der Waals surface area contributed by atoms with Gasteiger partial charge in [-0.1, -0.05) is 35.2 Å². The van der Waals surface area contributed by atoms with Crippen LogP contribution in [-0.2, 0) is 4.74 Å². The fourth-order valence-corrected chi connectivity index (χ4v) is 2.15. The van der Waals surface area contributed by atoms with Gasteiger partial charge in [0.05, 0.1) is 12.6 Å². The Morgan fingerprint density at radius 3 is 2.63 bits per heavy atom. The maximum absolute atomic E-state index is 12.1. The van der Waals surface area contributed by atoms with Gasteiger partial charge in [0.2, 0.25) is 0 Å². The van der Waals surface area contributed by atoms with Gasteiger partial charge in [0.15, 0.2) is 6.54 Å². The van der Waals surface area contributed by atoms with Crippen LogP contribution in [0.25, 0.3) is 0 Å². The molecule has 1 unspecified atom stereocenters. The molecule has 0 saturated carbocycles. The van der Waals surface area contributed by atoms with E-state index in [0.29, 0.717) is 13.1 Å². The monoisotopic (exact) mass is 262 g/mol. The smallest absolute Gasteiger partial charge is 0.411 e. The highest BCUT2D eigenvalue weighted by atomic mass is 16.6. The predicted octanol–water partition coefficient (Wildman–Crippen LogP) is 2.41. The van der Waals surface area contributed by atoms with E-state index in [9.17, 15) is 4.79 Å². The van der Waals surface area contributed by atoms with E-state index in [1.165, 1.54) is 5.56 Å². The van der Waals surface area contributed by atoms with Crippen LogP contribution in [0.1, 0.15) is 32.4 Å². The van der Waals surface area contributed by atoms with Crippen LogP contribution in [0.5, 0.6) is 0 Å². The van der Waals surface area contributed by atoms with Gasteiger partial charge in [-0.2, -0.15) is 4.79 Å². The Bertz CT molecular complexity index is 426. The molecule has 0 spiro atoms. The molecule has 1 aromatic carbocycles. The summed E-state index contributed by atoms with van der Waals surface area (Å²) in [5.41, 5.74) is 0.764. The van der Waals surface area contributed by atoms with E-state index in [1.54, 1.807) is 4.90 Å². The summed E-state index contributed by atoms with van der Waals surface area (Å²) in [6.45, 7) is 7.81. The van der Waals surface area contributed by atoms with Crippen molar-refractivity contribution in [3.05, 3.63) is 35.9 Å². The largest absolute Gasteiger partial charge is 0.566 e. The van der Waals surface area contributed by atoms with E-state index in [1.807, 2.05) is 39.0 Å². The zero-order valence-electron chi connectivity index (χ0n) is 11.8. The van der Waals surface area contributed by atoms with E-state index in [4.69, 9.17) is 4.74 Å². The first-order valence-electron chi connectivity index (χ1n) is 6.72. The lowest BCUT2D eigenvalue weighted by molar-refractivity contribution is 0.0367. The van der Waals surface area contributed by atoms with Crippen molar-refractivity contribution in [1.82, 2.24) is 10.2 Å². The zero-order chi connectivity index (χ0) is 13.9. The fourth-order valence-electron chi connectivity index (χ4n) is 2.15. The summed E-state index contributed by atoms with van der Waals surface area (Å²) in [6.07, 6.45) is -0.227. The highest BCUT2D eigenvalue weighted by molar-refractivity contribution is 5.71. The van der Waals surface area contributed by atoms with Crippen LogP contribution in [0, 0.1) is 0 Å². The van der Waals surface area contributed by atoms with Gasteiger partial charge in [-0.3, -0.25) is 5.32 Å². The molecule has 1 atom stereocenters. The van der Waals surface area contributed by atoms with Gasteiger partial charge in [-0.15, -0.1) is 0 Å². The Balaban J connectivity index is 2.00. The van der Waals surface area contributed by atoms with Crippen molar-refractivity contribution in [2.75, 3.05) is 19.6 Å². The lowest BCUT2D eigenvalue weighted by atomic mass is 10.1. The second kappa shape index (κ2) is 5.72. The first kappa shape index (κ1) is 14.0. The van der Waals surface area contributed by atoms with Crippen molar-refractivity contribution in [2.24, 2.45) is 0 Å². The lowest BCUT2D eigenvalue weighted by Crippen LogP contribution is -2.53. The van der Waals surface area contributed by atoms with Crippen molar-refractivity contribution in [1.29, 1.82) is 0 Å².